The second-order valence-corrected chi connectivity index (χ2v) is 7.30. The Morgan fingerprint density at radius 2 is 1.61 bits per heavy atom. The van der Waals surface area contributed by atoms with E-state index in [4.69, 9.17) is 4.74 Å². The van der Waals surface area contributed by atoms with Gasteiger partial charge in [-0.15, -0.1) is 0 Å². The number of para-hydroxylation sites is 1. The maximum Gasteiger partial charge on any atom is 0.265 e. The summed E-state index contributed by atoms with van der Waals surface area (Å²) in [5.74, 6) is 0.723. The molecule has 2 aromatic carbocycles. The van der Waals surface area contributed by atoms with Gasteiger partial charge < -0.3 is 15.4 Å². The topological polar surface area (TPSA) is 67.4 Å². The van der Waals surface area contributed by atoms with Gasteiger partial charge in [0, 0.05) is 17.3 Å². The Morgan fingerprint density at radius 1 is 0.964 bits per heavy atom. The molecule has 0 spiro atoms. The summed E-state index contributed by atoms with van der Waals surface area (Å²) < 4.78 is 5.93. The first-order chi connectivity index (χ1) is 13.3. The Hall–Kier alpha value is -2.82. The molecule has 0 aliphatic heterocycles. The third kappa shape index (κ3) is 5.84. The number of carbonyl (C=O) groups is 2. The summed E-state index contributed by atoms with van der Waals surface area (Å²) in [5.41, 5.74) is 2.28. The van der Waals surface area contributed by atoms with Gasteiger partial charge in [-0.1, -0.05) is 32.0 Å². The lowest BCUT2D eigenvalue weighted by Crippen LogP contribution is -2.31. The van der Waals surface area contributed by atoms with Crippen LogP contribution < -0.4 is 15.4 Å². The zero-order valence-corrected chi connectivity index (χ0v) is 17.3. The van der Waals surface area contributed by atoms with Crippen molar-refractivity contribution < 1.29 is 14.3 Å². The van der Waals surface area contributed by atoms with Gasteiger partial charge in [-0.25, -0.2) is 0 Å². The van der Waals surface area contributed by atoms with Gasteiger partial charge >= 0.3 is 0 Å². The third-order valence-electron chi connectivity index (χ3n) is 4.57. The van der Waals surface area contributed by atoms with Crippen LogP contribution in [0.25, 0.3) is 0 Å². The van der Waals surface area contributed by atoms with E-state index in [1.54, 1.807) is 31.2 Å². The number of rotatable bonds is 8. The molecular formula is C23H30N2O3. The van der Waals surface area contributed by atoms with E-state index in [0.717, 1.165) is 17.7 Å². The maximum absolute atomic E-state index is 12.5. The van der Waals surface area contributed by atoms with Crippen LogP contribution in [-0.4, -0.2) is 24.0 Å². The molecule has 0 aliphatic rings. The van der Waals surface area contributed by atoms with Gasteiger partial charge in [0.05, 0.1) is 0 Å². The molecule has 0 heterocycles. The second kappa shape index (κ2) is 9.93. The summed E-state index contributed by atoms with van der Waals surface area (Å²) in [4.78, 5) is 24.5. The number of ether oxygens (including phenoxy) is 1. The molecular weight excluding hydrogens is 352 g/mol. The zero-order chi connectivity index (χ0) is 20.7. The molecule has 2 aromatic rings. The van der Waals surface area contributed by atoms with E-state index in [2.05, 4.69) is 24.5 Å². The fourth-order valence-electron chi connectivity index (χ4n) is 2.75. The molecule has 5 heteroatoms. The zero-order valence-electron chi connectivity index (χ0n) is 17.3. The number of carbonyl (C=O) groups excluding carboxylic acids is 2. The largest absolute Gasteiger partial charge is 0.481 e. The van der Waals surface area contributed by atoms with Crippen LogP contribution in [0, 0.1) is 0 Å². The summed E-state index contributed by atoms with van der Waals surface area (Å²) in [6.07, 6.45) is 0.353. The first-order valence-corrected chi connectivity index (χ1v) is 9.79. The fraction of sp³-hybridized carbons (Fsp3) is 0.391. The molecule has 150 valence electrons. The number of benzene rings is 2. The van der Waals surface area contributed by atoms with Crippen molar-refractivity contribution in [1.82, 2.24) is 5.32 Å². The number of anilines is 1. The van der Waals surface area contributed by atoms with Gasteiger partial charge in [-0.3, -0.25) is 9.59 Å². The van der Waals surface area contributed by atoms with E-state index in [0.29, 0.717) is 17.2 Å². The van der Waals surface area contributed by atoms with E-state index in [1.807, 2.05) is 38.1 Å². The average Bonchev–Trinajstić information content (AvgIpc) is 2.67. The van der Waals surface area contributed by atoms with E-state index in [9.17, 15) is 9.59 Å². The van der Waals surface area contributed by atoms with Crippen LogP contribution >= 0.6 is 0 Å². The monoisotopic (exact) mass is 382 g/mol. The highest BCUT2D eigenvalue weighted by Gasteiger charge is 2.18. The highest BCUT2D eigenvalue weighted by molar-refractivity contribution is 5.96. The van der Waals surface area contributed by atoms with Crippen molar-refractivity contribution >= 4 is 17.5 Å². The summed E-state index contributed by atoms with van der Waals surface area (Å²) in [6.45, 7) is 9.82. The van der Waals surface area contributed by atoms with Gasteiger partial charge in [0.25, 0.3) is 11.8 Å². The van der Waals surface area contributed by atoms with E-state index < -0.39 is 6.10 Å². The maximum atomic E-state index is 12.5. The van der Waals surface area contributed by atoms with Crippen LogP contribution in [0.4, 0.5) is 5.69 Å². The lowest BCUT2D eigenvalue weighted by molar-refractivity contribution is -0.122. The molecule has 0 fully saturated rings. The number of amides is 2. The van der Waals surface area contributed by atoms with Crippen LogP contribution in [0.2, 0.25) is 0 Å². The predicted octanol–water partition coefficient (Wildman–Crippen LogP) is 4.74. The lowest BCUT2D eigenvalue weighted by Gasteiger charge is -2.19. The van der Waals surface area contributed by atoms with E-state index in [1.165, 1.54) is 0 Å². The molecule has 28 heavy (non-hydrogen) atoms. The van der Waals surface area contributed by atoms with Gasteiger partial charge in [-0.2, -0.15) is 0 Å². The van der Waals surface area contributed by atoms with Crippen LogP contribution in [-0.2, 0) is 4.79 Å². The Labute approximate surface area is 167 Å². The van der Waals surface area contributed by atoms with E-state index in [-0.39, 0.29) is 17.9 Å². The van der Waals surface area contributed by atoms with Crippen LogP contribution in [0.3, 0.4) is 0 Å². The Balaban J connectivity index is 2.00. The molecule has 0 saturated heterocycles. The Kier molecular flexibility index (Phi) is 7.61. The number of hydrogen-bond donors (Lipinski definition) is 2. The highest BCUT2D eigenvalue weighted by Crippen LogP contribution is 2.29. The Morgan fingerprint density at radius 3 is 2.21 bits per heavy atom. The molecule has 2 atom stereocenters. The van der Waals surface area contributed by atoms with E-state index >= 15 is 0 Å². The molecule has 2 rings (SSSR count). The molecule has 0 aromatic heterocycles. The average molecular weight is 383 g/mol. The summed E-state index contributed by atoms with van der Waals surface area (Å²) in [7, 11) is 0. The second-order valence-electron chi connectivity index (χ2n) is 7.30. The van der Waals surface area contributed by atoms with Crippen molar-refractivity contribution in [2.75, 3.05) is 5.32 Å². The molecule has 0 radical (unpaired) electrons. The minimum Gasteiger partial charge on any atom is -0.481 e. The summed E-state index contributed by atoms with van der Waals surface area (Å²) in [5, 5.41) is 5.67. The molecule has 2 amide bonds. The van der Waals surface area contributed by atoms with Gasteiger partial charge in [0.1, 0.15) is 5.75 Å². The SMILES string of the molecule is CCC(C)c1ccccc1OC(C)C(=O)Nc1ccc(C(=O)NC(C)C)cc1. The molecule has 0 aliphatic carbocycles. The lowest BCUT2D eigenvalue weighted by atomic mass is 9.98. The molecule has 5 nitrogen and oxygen atoms in total. The smallest absolute Gasteiger partial charge is 0.265 e. The van der Waals surface area contributed by atoms with Crippen molar-refractivity contribution in [1.29, 1.82) is 0 Å². The Bertz CT molecular complexity index is 800. The third-order valence-corrected chi connectivity index (χ3v) is 4.57. The van der Waals surface area contributed by atoms with Crippen molar-refractivity contribution in [3.05, 3.63) is 59.7 Å². The van der Waals surface area contributed by atoms with Crippen molar-refractivity contribution in [3.63, 3.8) is 0 Å². The molecule has 0 saturated carbocycles. The molecule has 2 N–H and O–H groups in total. The van der Waals surface area contributed by atoms with Crippen LogP contribution in [0.5, 0.6) is 5.75 Å². The highest BCUT2D eigenvalue weighted by atomic mass is 16.5. The first kappa shape index (κ1) is 21.5. The van der Waals surface area contributed by atoms with Crippen molar-refractivity contribution in [2.24, 2.45) is 0 Å². The molecule has 2 unspecified atom stereocenters. The summed E-state index contributed by atoms with van der Waals surface area (Å²) in [6, 6.07) is 14.7. The predicted molar refractivity (Wildman–Crippen MR) is 113 cm³/mol. The quantitative estimate of drug-likeness (QED) is 0.693. The number of hydrogen-bond acceptors (Lipinski definition) is 3. The van der Waals surface area contributed by atoms with Crippen molar-refractivity contribution in [3.8, 4) is 5.75 Å². The summed E-state index contributed by atoms with van der Waals surface area (Å²) >= 11 is 0. The molecule has 0 bridgehead atoms. The number of nitrogens with one attached hydrogen (secondary N) is 2. The van der Waals surface area contributed by atoms with Gasteiger partial charge in [0.15, 0.2) is 6.10 Å². The standard InChI is InChI=1S/C23H30N2O3/c1-6-16(4)20-9-7-8-10-21(20)28-17(5)22(26)25-19-13-11-18(12-14-19)23(27)24-15(2)3/h7-17H,6H2,1-5H3,(H,24,27)(H,25,26). The minimum absolute atomic E-state index is 0.0724. The van der Waals surface area contributed by atoms with Crippen molar-refractivity contribution in [2.45, 2.75) is 59.1 Å². The normalized spacial score (nSPS) is 12.9. The van der Waals surface area contributed by atoms with Crippen LogP contribution in [0.1, 0.15) is 62.9 Å². The first-order valence-electron chi connectivity index (χ1n) is 9.79. The van der Waals surface area contributed by atoms with Gasteiger partial charge in [0.2, 0.25) is 0 Å². The van der Waals surface area contributed by atoms with Gasteiger partial charge in [-0.05, 0) is 69.0 Å². The van der Waals surface area contributed by atoms with Crippen LogP contribution in [0.15, 0.2) is 48.5 Å². The fourth-order valence-corrected chi connectivity index (χ4v) is 2.75. The minimum atomic E-state index is -0.644.